The third kappa shape index (κ3) is 11.1. The summed E-state index contributed by atoms with van der Waals surface area (Å²) in [4.78, 5) is 44.3. The van der Waals surface area contributed by atoms with Crippen molar-refractivity contribution in [3.8, 4) is 0 Å². The molecule has 0 aromatic carbocycles. The number of halogens is 18. The number of fused-ring (bicyclic) bond motifs is 2. The summed E-state index contributed by atoms with van der Waals surface area (Å²) in [7, 11) is 0. The van der Waals surface area contributed by atoms with Gasteiger partial charge in [-0.2, -0.15) is 79.0 Å². The van der Waals surface area contributed by atoms with E-state index in [0.29, 0.717) is 44.9 Å². The summed E-state index contributed by atoms with van der Waals surface area (Å²) in [6, 6.07) is 0. The molecule has 7 saturated carbocycles. The summed E-state index contributed by atoms with van der Waals surface area (Å²) in [6.45, 7) is 7.23. The second-order valence-corrected chi connectivity index (χ2v) is 24.7. The van der Waals surface area contributed by atoms with Crippen LogP contribution in [0.25, 0.3) is 0 Å². The van der Waals surface area contributed by atoms with Crippen LogP contribution in [0.4, 0.5) is 79.0 Å². The normalized spacial score (nSPS) is 32.6. The molecule has 7 aliphatic carbocycles. The summed E-state index contributed by atoms with van der Waals surface area (Å²) in [5.41, 5.74) is -25.4. The van der Waals surface area contributed by atoms with Gasteiger partial charge < -0.3 is 29.5 Å². The molecule has 3 N–H and O–H groups in total. The Balaban J connectivity index is 1.39. The summed E-state index contributed by atoms with van der Waals surface area (Å²) < 4.78 is 274. The SMILES string of the molecule is CCC(C)(CC(C)(CC(C)(C)C(=O)OC1CC(C(O)(C(F)(F)F)C(F)(F)F)CC(C(O)(C(F)(F)F)C(F)(F)F)C1)C(=O)OC1(CC)C2CC3CC(C2)CC1C3)C(=O)OC(CC(O)(C(F)(F)F)C(F)(F)F)C1CC2CCC1C2. The van der Waals surface area contributed by atoms with Crippen molar-refractivity contribution in [2.24, 2.45) is 69.5 Å². The summed E-state index contributed by atoms with van der Waals surface area (Å²) in [5, 5.41) is 31.0. The topological polar surface area (TPSA) is 140 Å². The minimum absolute atomic E-state index is 0.0284. The molecule has 0 saturated heterocycles. The number of esters is 3. The highest BCUT2D eigenvalue weighted by Crippen LogP contribution is 2.63. The number of aliphatic hydroxyl groups is 3. The average Bonchev–Trinajstić information content (AvgIpc) is 3.91. The lowest BCUT2D eigenvalue weighted by atomic mass is 9.49. The number of carbonyl (C=O) groups excluding carboxylic acids is 3. The van der Waals surface area contributed by atoms with E-state index < -0.39 is 174 Å². The molecule has 7 aliphatic rings. The van der Waals surface area contributed by atoms with Gasteiger partial charge in [-0.25, -0.2) is 0 Å². The lowest BCUT2D eigenvalue weighted by molar-refractivity contribution is -0.405. The van der Waals surface area contributed by atoms with Gasteiger partial charge in [0.25, 0.3) is 16.8 Å². The van der Waals surface area contributed by atoms with E-state index >= 15 is 4.79 Å². The monoisotopic (exact) mass is 1150 g/mol. The molecule has 6 bridgehead atoms. The Hall–Kier alpha value is -2.97. The first kappa shape index (κ1) is 63.2. The van der Waals surface area contributed by atoms with Crippen molar-refractivity contribution in [3.05, 3.63) is 0 Å². The predicted octanol–water partition coefficient (Wildman–Crippen LogP) is 13.0. The second-order valence-electron chi connectivity index (χ2n) is 24.7. The molecule has 0 heterocycles. The quantitative estimate of drug-likeness (QED) is 0.0738. The van der Waals surface area contributed by atoms with E-state index in [1.165, 1.54) is 6.92 Å². The standard InChI is InChI=1S/C50H66F18O9/c1-7-39(5,36(70)76-34(33-17-24-9-10-27(33)12-24)21-42(72,45(51,52)53)46(54,55)56)23-40(6,37(71)77-41(8-2)28-13-25-11-26(15-28)16-29(41)14-25)22-38(3,4)35(69)75-32-19-30(43(73,47(57,58)59)48(60,61)62)18-31(20-32)44(74,49(63,64)65)50(66,67)68/h24-34,72-74H,7-23H2,1-6H3. The van der Waals surface area contributed by atoms with Crippen LogP contribution in [-0.4, -0.2) is 105 Å². The Bertz CT molecular complexity index is 2050. The van der Waals surface area contributed by atoms with Crippen molar-refractivity contribution in [1.29, 1.82) is 0 Å². The number of hydrogen-bond donors (Lipinski definition) is 3. The fourth-order valence-corrected chi connectivity index (χ4v) is 15.1. The van der Waals surface area contributed by atoms with Crippen molar-refractivity contribution < 1.29 is 123 Å². The molecule has 0 amide bonds. The second kappa shape index (κ2) is 20.2. The molecule has 7 fully saturated rings. The maximum atomic E-state index is 15.2. The van der Waals surface area contributed by atoms with Gasteiger partial charge in [0.05, 0.1) is 16.2 Å². The fraction of sp³-hybridized carbons (Fsp3) is 0.940. The third-order valence-corrected chi connectivity index (χ3v) is 19.1. The zero-order chi connectivity index (χ0) is 58.7. The molecule has 7 rings (SSSR count). The molecule has 77 heavy (non-hydrogen) atoms. The minimum Gasteiger partial charge on any atom is -0.462 e. The fourth-order valence-electron chi connectivity index (χ4n) is 15.1. The van der Waals surface area contributed by atoms with Crippen LogP contribution in [0.3, 0.4) is 0 Å². The van der Waals surface area contributed by atoms with Gasteiger partial charge in [0.15, 0.2) is 0 Å². The van der Waals surface area contributed by atoms with Gasteiger partial charge in [-0.05, 0) is 165 Å². The molecule has 9 nitrogen and oxygen atoms in total. The van der Waals surface area contributed by atoms with Gasteiger partial charge >= 0.3 is 55.0 Å². The van der Waals surface area contributed by atoms with Gasteiger partial charge in [0, 0.05) is 18.3 Å². The third-order valence-electron chi connectivity index (χ3n) is 19.1. The zero-order valence-corrected chi connectivity index (χ0v) is 43.0. The van der Waals surface area contributed by atoms with Crippen LogP contribution >= 0.6 is 0 Å². The highest BCUT2D eigenvalue weighted by Gasteiger charge is 2.79. The zero-order valence-electron chi connectivity index (χ0n) is 43.0. The Morgan fingerprint density at radius 2 is 0.974 bits per heavy atom. The summed E-state index contributed by atoms with van der Waals surface area (Å²) >= 11 is 0. The minimum atomic E-state index is -6.84. The van der Waals surface area contributed by atoms with Crippen LogP contribution in [0.2, 0.25) is 0 Å². The highest BCUT2D eigenvalue weighted by molar-refractivity contribution is 5.83. The van der Waals surface area contributed by atoms with Crippen LogP contribution in [0.1, 0.15) is 151 Å². The maximum absolute atomic E-state index is 15.2. The molecule has 0 aromatic rings. The van der Waals surface area contributed by atoms with E-state index in [4.69, 9.17) is 14.2 Å². The van der Waals surface area contributed by atoms with E-state index in [0.717, 1.165) is 34.1 Å². The molecule has 0 radical (unpaired) electrons. The van der Waals surface area contributed by atoms with E-state index in [1.807, 2.05) is 0 Å². The maximum Gasteiger partial charge on any atom is 0.426 e. The Kier molecular flexibility index (Phi) is 16.6. The van der Waals surface area contributed by atoms with Crippen LogP contribution in [-0.2, 0) is 28.6 Å². The van der Waals surface area contributed by atoms with Gasteiger partial charge in [0.1, 0.15) is 17.8 Å². The number of alkyl halides is 18. The largest absolute Gasteiger partial charge is 0.462 e. The molecule has 27 heteroatoms. The van der Waals surface area contributed by atoms with Crippen LogP contribution in [0, 0.1) is 69.5 Å². The van der Waals surface area contributed by atoms with Crippen molar-refractivity contribution in [1.82, 2.24) is 0 Å². The van der Waals surface area contributed by atoms with Crippen molar-refractivity contribution in [2.45, 2.75) is 222 Å². The molecular formula is C50H66F18O9. The molecule has 8 unspecified atom stereocenters. The lowest BCUT2D eigenvalue weighted by Gasteiger charge is -2.60. The number of ether oxygens (including phenoxy) is 3. The van der Waals surface area contributed by atoms with Gasteiger partial charge in [0.2, 0.25) is 0 Å². The smallest absolute Gasteiger partial charge is 0.426 e. The van der Waals surface area contributed by atoms with E-state index in [9.17, 15) is 104 Å². The van der Waals surface area contributed by atoms with E-state index in [-0.39, 0.29) is 42.4 Å². The molecule has 446 valence electrons. The molecule has 0 aromatic heterocycles. The first-order chi connectivity index (χ1) is 34.6. The van der Waals surface area contributed by atoms with E-state index in [2.05, 4.69) is 0 Å². The number of carbonyl (C=O) groups is 3. The lowest BCUT2D eigenvalue weighted by Crippen LogP contribution is -2.67. The van der Waals surface area contributed by atoms with Crippen molar-refractivity contribution >= 4 is 17.9 Å². The van der Waals surface area contributed by atoms with E-state index in [1.54, 1.807) is 6.92 Å². The number of rotatable bonds is 17. The van der Waals surface area contributed by atoms with Crippen LogP contribution in [0.15, 0.2) is 0 Å². The van der Waals surface area contributed by atoms with Crippen molar-refractivity contribution in [3.63, 3.8) is 0 Å². The van der Waals surface area contributed by atoms with Gasteiger partial charge in [-0.1, -0.05) is 20.3 Å². The first-order valence-corrected chi connectivity index (χ1v) is 25.8. The van der Waals surface area contributed by atoms with Crippen LogP contribution in [0.5, 0.6) is 0 Å². The molecule has 8 atom stereocenters. The average molecular weight is 1150 g/mol. The van der Waals surface area contributed by atoms with Crippen LogP contribution < -0.4 is 0 Å². The molecule has 0 spiro atoms. The first-order valence-electron chi connectivity index (χ1n) is 25.8. The Morgan fingerprint density at radius 3 is 1.34 bits per heavy atom. The molecule has 0 aliphatic heterocycles. The summed E-state index contributed by atoms with van der Waals surface area (Å²) in [5.74, 6) is -13.4. The van der Waals surface area contributed by atoms with Gasteiger partial charge in [-0.3, -0.25) is 14.4 Å². The number of hydrogen-bond acceptors (Lipinski definition) is 9. The Labute approximate surface area is 432 Å². The van der Waals surface area contributed by atoms with Gasteiger partial charge in [-0.15, -0.1) is 0 Å². The highest BCUT2D eigenvalue weighted by atomic mass is 19.4. The Morgan fingerprint density at radius 1 is 0.519 bits per heavy atom. The van der Waals surface area contributed by atoms with Crippen molar-refractivity contribution in [2.75, 3.05) is 0 Å². The summed E-state index contributed by atoms with van der Waals surface area (Å²) in [6.07, 6.45) is -50.5. The molecular weight excluding hydrogens is 1090 g/mol. The predicted molar refractivity (Wildman–Crippen MR) is 231 cm³/mol.